The van der Waals surface area contributed by atoms with E-state index in [1.54, 1.807) is 44.0 Å². The molecule has 8 rings (SSSR count). The summed E-state index contributed by atoms with van der Waals surface area (Å²) in [5.41, 5.74) is -1.33. The number of phenols is 1. The fourth-order valence-corrected chi connectivity index (χ4v) is 8.70. The first kappa shape index (κ1) is 35.3. The number of anilines is 1. The van der Waals surface area contributed by atoms with Gasteiger partial charge in [0, 0.05) is 88.0 Å². The highest BCUT2D eigenvalue weighted by Crippen LogP contribution is 2.60. The number of aromatic hydroxyl groups is 1. The van der Waals surface area contributed by atoms with Crippen LogP contribution < -0.4 is 9.64 Å². The van der Waals surface area contributed by atoms with Crippen LogP contribution in [0.5, 0.6) is 11.8 Å². The van der Waals surface area contributed by atoms with E-state index in [1.807, 2.05) is 0 Å². The van der Waals surface area contributed by atoms with E-state index in [2.05, 4.69) is 25.8 Å². The lowest BCUT2D eigenvalue weighted by molar-refractivity contribution is 0.0288. The van der Waals surface area contributed by atoms with Crippen molar-refractivity contribution < 1.29 is 32.1 Å². The van der Waals surface area contributed by atoms with E-state index in [4.69, 9.17) is 20.9 Å². The number of terminal acetylenes is 1. The van der Waals surface area contributed by atoms with Crippen LogP contribution in [0.15, 0.2) is 30.5 Å². The molecule has 3 fully saturated rings. The van der Waals surface area contributed by atoms with Crippen molar-refractivity contribution in [1.29, 1.82) is 0 Å². The zero-order chi connectivity index (χ0) is 37.4. The number of fused-ring (bicyclic) bond motifs is 6. The summed E-state index contributed by atoms with van der Waals surface area (Å²) in [4.78, 5) is 15.8. The molecule has 2 aliphatic heterocycles. The first-order valence-electron chi connectivity index (χ1n) is 17.8. The molecule has 1 aliphatic carbocycles. The molecule has 2 unspecified atom stereocenters. The van der Waals surface area contributed by atoms with Crippen LogP contribution in [0.2, 0.25) is 0 Å². The van der Waals surface area contributed by atoms with E-state index in [0.717, 1.165) is 25.8 Å². The minimum atomic E-state index is -2.93. The number of aromatic nitrogens is 4. The molecule has 1 saturated carbocycles. The van der Waals surface area contributed by atoms with Crippen LogP contribution >= 0.6 is 0 Å². The number of aryl methyl sites for hydroxylation is 1. The number of benzene rings is 3. The van der Waals surface area contributed by atoms with E-state index in [-0.39, 0.29) is 76.5 Å². The molecule has 0 radical (unpaired) electrons. The number of halogens is 4. The van der Waals surface area contributed by atoms with Crippen LogP contribution in [0, 0.1) is 29.4 Å². The number of piperazine rings is 1. The minimum absolute atomic E-state index is 0.0486. The molecule has 53 heavy (non-hydrogen) atoms. The summed E-state index contributed by atoms with van der Waals surface area (Å²) in [5.74, 6) is -1.80. The van der Waals surface area contributed by atoms with E-state index in [1.165, 1.54) is 24.3 Å². The monoisotopic (exact) mass is 731 g/mol. The largest absolute Gasteiger partial charge is 0.508 e. The molecule has 0 amide bonds. The third-order valence-electron chi connectivity index (χ3n) is 11.1. The Bertz CT molecular complexity index is 2290. The maximum atomic E-state index is 17.6. The van der Waals surface area contributed by atoms with E-state index < -0.39 is 23.0 Å². The van der Waals surface area contributed by atoms with Gasteiger partial charge < -0.3 is 24.4 Å². The number of alkyl halides is 2. The van der Waals surface area contributed by atoms with Crippen LogP contribution in [0.4, 0.5) is 23.4 Å². The smallest absolute Gasteiger partial charge is 0.319 e. The van der Waals surface area contributed by atoms with Gasteiger partial charge in [-0.05, 0) is 62.5 Å². The summed E-state index contributed by atoms with van der Waals surface area (Å²) in [5, 5.41) is 17.0. The van der Waals surface area contributed by atoms with Crippen molar-refractivity contribution in [3.63, 3.8) is 0 Å². The SMILES string of the molecule is C#Cc1c(F)ccc2cc(O)cc(-c3c(F)c4nc(OC[C@]5(CN(C)C)CC5(F)F)nc(N5CC6CCC(C5)N6CCCOC)c4c4cn(C)nc34)c12. The van der Waals surface area contributed by atoms with Gasteiger partial charge in [0.1, 0.15) is 35.0 Å². The van der Waals surface area contributed by atoms with Gasteiger partial charge in [-0.1, -0.05) is 12.0 Å². The fourth-order valence-electron chi connectivity index (χ4n) is 8.70. The third kappa shape index (κ3) is 5.89. The van der Waals surface area contributed by atoms with Gasteiger partial charge in [-0.3, -0.25) is 9.58 Å². The molecule has 4 heterocycles. The first-order chi connectivity index (χ1) is 25.3. The standard InChI is InChI=1S/C39H41F4N7O3/c1-6-26-29(40)11-8-22-14-25(51)15-27(30(22)26)31-33(41)35-32(28-18-48(4)46-34(28)31)36(49-16-23-9-10-24(17-49)50(23)12-7-13-52-5)45-37(44-35)53-21-38(20-47(2)3)19-39(38,42)43/h1,8,11,14-15,18,23-24,51H,7,9-10,12-13,16-17,19-21H2,2-5H3/t23?,24?,38-/m1/s1. The molecule has 0 spiro atoms. The average Bonchev–Trinajstić information content (AvgIpc) is 3.28. The van der Waals surface area contributed by atoms with Crippen molar-refractivity contribution in [2.75, 3.05) is 65.5 Å². The number of rotatable bonds is 11. The maximum absolute atomic E-state index is 17.6. The van der Waals surface area contributed by atoms with Crippen molar-refractivity contribution in [2.24, 2.45) is 12.5 Å². The zero-order valence-electron chi connectivity index (χ0n) is 30.1. The molecule has 1 N–H and O–H groups in total. The molecule has 3 aliphatic rings. The predicted octanol–water partition coefficient (Wildman–Crippen LogP) is 5.96. The highest BCUT2D eigenvalue weighted by molar-refractivity contribution is 6.18. The molecule has 14 heteroatoms. The van der Waals surface area contributed by atoms with Gasteiger partial charge >= 0.3 is 6.01 Å². The van der Waals surface area contributed by atoms with Gasteiger partial charge in [0.25, 0.3) is 5.92 Å². The molecular formula is C39H41F4N7O3. The summed E-state index contributed by atoms with van der Waals surface area (Å²) in [6.07, 6.45) is 10.1. The summed E-state index contributed by atoms with van der Waals surface area (Å²) in [7, 11) is 6.85. The Balaban J connectivity index is 1.34. The van der Waals surface area contributed by atoms with Crippen LogP contribution in [0.1, 0.15) is 31.2 Å². The number of nitrogens with zero attached hydrogens (tertiary/aromatic N) is 7. The summed E-state index contributed by atoms with van der Waals surface area (Å²) < 4.78 is 75.3. The van der Waals surface area contributed by atoms with Gasteiger partial charge in [0.15, 0.2) is 5.82 Å². The van der Waals surface area contributed by atoms with Crippen LogP contribution in [-0.2, 0) is 11.8 Å². The van der Waals surface area contributed by atoms with Gasteiger partial charge in [-0.2, -0.15) is 15.1 Å². The van der Waals surface area contributed by atoms with Crippen molar-refractivity contribution in [3.05, 3.63) is 47.7 Å². The Morgan fingerprint density at radius 1 is 1.08 bits per heavy atom. The Labute approximate surface area is 304 Å². The fraction of sp³-hybridized carbons (Fsp3) is 0.462. The Hall–Kier alpha value is -4.71. The van der Waals surface area contributed by atoms with Crippen LogP contribution in [-0.4, -0.2) is 113 Å². The second-order valence-corrected chi connectivity index (χ2v) is 15.0. The lowest BCUT2D eigenvalue weighted by Crippen LogP contribution is -2.54. The molecule has 2 aromatic heterocycles. The summed E-state index contributed by atoms with van der Waals surface area (Å²) in [6.45, 7) is 2.47. The molecule has 278 valence electrons. The van der Waals surface area contributed by atoms with Gasteiger partial charge in [0.2, 0.25) is 0 Å². The quantitative estimate of drug-likeness (QED) is 0.101. The minimum Gasteiger partial charge on any atom is -0.508 e. The van der Waals surface area contributed by atoms with Crippen molar-refractivity contribution in [2.45, 2.75) is 43.7 Å². The summed E-state index contributed by atoms with van der Waals surface area (Å²) in [6, 6.07) is 5.65. The van der Waals surface area contributed by atoms with E-state index in [9.17, 15) is 13.9 Å². The maximum Gasteiger partial charge on any atom is 0.319 e. The second kappa shape index (κ2) is 13.0. The predicted molar refractivity (Wildman–Crippen MR) is 195 cm³/mol. The Morgan fingerprint density at radius 2 is 1.81 bits per heavy atom. The second-order valence-electron chi connectivity index (χ2n) is 15.0. The molecule has 2 bridgehead atoms. The van der Waals surface area contributed by atoms with Crippen LogP contribution in [0.3, 0.4) is 0 Å². The number of hydrogen-bond acceptors (Lipinski definition) is 9. The molecule has 2 saturated heterocycles. The topological polar surface area (TPSA) is 92.0 Å². The normalized spacial score (nSPS) is 22.4. The zero-order valence-corrected chi connectivity index (χ0v) is 30.1. The van der Waals surface area contributed by atoms with Gasteiger partial charge in [-0.25, -0.2) is 17.6 Å². The van der Waals surface area contributed by atoms with E-state index >= 15 is 8.78 Å². The number of hydrogen-bond donors (Lipinski definition) is 1. The Morgan fingerprint density at radius 3 is 2.47 bits per heavy atom. The Kier molecular flexibility index (Phi) is 8.66. The molecule has 3 aromatic carbocycles. The van der Waals surface area contributed by atoms with Crippen molar-refractivity contribution in [1.82, 2.24) is 29.5 Å². The molecule has 10 nitrogen and oxygen atoms in total. The third-order valence-corrected chi connectivity index (χ3v) is 11.1. The molecule has 5 aromatic rings. The highest BCUT2D eigenvalue weighted by Gasteiger charge is 2.71. The molecular weight excluding hydrogens is 690 g/mol. The van der Waals surface area contributed by atoms with Gasteiger partial charge in [0.05, 0.1) is 16.4 Å². The molecule has 3 atom stereocenters. The van der Waals surface area contributed by atoms with Crippen molar-refractivity contribution >= 4 is 38.4 Å². The average molecular weight is 732 g/mol. The lowest BCUT2D eigenvalue weighted by atomic mass is 9.91. The van der Waals surface area contributed by atoms with Crippen molar-refractivity contribution in [3.8, 4) is 35.2 Å². The van der Waals surface area contributed by atoms with E-state index in [0.29, 0.717) is 41.7 Å². The first-order valence-corrected chi connectivity index (χ1v) is 17.8. The lowest BCUT2D eigenvalue weighted by Gasteiger charge is -2.42. The number of phenolic OH excluding ortho intramolecular Hbond substituents is 1. The summed E-state index contributed by atoms with van der Waals surface area (Å²) >= 11 is 0. The number of ether oxygens (including phenoxy) is 2. The van der Waals surface area contributed by atoms with Gasteiger partial charge in [-0.15, -0.1) is 6.42 Å². The highest BCUT2D eigenvalue weighted by atomic mass is 19.3. The number of methoxy groups -OCH3 is 1. The van der Waals surface area contributed by atoms with Crippen LogP contribution in [0.25, 0.3) is 43.7 Å².